The van der Waals surface area contributed by atoms with E-state index in [1.54, 1.807) is 15.9 Å². The van der Waals surface area contributed by atoms with E-state index >= 15 is 0 Å². The third kappa shape index (κ3) is 5.79. The third-order valence-corrected chi connectivity index (χ3v) is 4.01. The van der Waals surface area contributed by atoms with Crippen LogP contribution >= 0.6 is 0 Å². The summed E-state index contributed by atoms with van der Waals surface area (Å²) < 4.78 is 10.9. The standard InChI is InChI=1S/C20H28N2O4/c1-5-9-17-14-21(12-13-22(17)19(24)26-20(2,3)4)18(23)25-15-16-10-7-6-8-11-16/h5-8,10-11,17H,1,9,12-15H2,2-4H3. The number of carbonyl (C=O) groups excluding carboxylic acids is 2. The number of ether oxygens (including phenoxy) is 2. The number of amides is 2. The van der Waals surface area contributed by atoms with Crippen molar-refractivity contribution in [2.75, 3.05) is 19.6 Å². The minimum atomic E-state index is -0.554. The van der Waals surface area contributed by atoms with Crippen molar-refractivity contribution in [3.63, 3.8) is 0 Å². The Balaban J connectivity index is 1.94. The van der Waals surface area contributed by atoms with Crippen molar-refractivity contribution in [1.82, 2.24) is 9.80 Å². The number of carbonyl (C=O) groups is 2. The van der Waals surface area contributed by atoms with Crippen LogP contribution in [-0.4, -0.2) is 53.3 Å². The SMILES string of the molecule is C=CCC1CN(C(=O)OCc2ccccc2)CCN1C(=O)OC(C)(C)C. The van der Waals surface area contributed by atoms with Crippen molar-refractivity contribution in [3.8, 4) is 0 Å². The molecule has 1 aliphatic rings. The molecule has 2 rings (SSSR count). The first-order valence-electron chi connectivity index (χ1n) is 8.86. The van der Waals surface area contributed by atoms with Crippen LogP contribution in [0.25, 0.3) is 0 Å². The molecule has 0 bridgehead atoms. The number of nitrogens with zero attached hydrogens (tertiary/aromatic N) is 2. The summed E-state index contributed by atoms with van der Waals surface area (Å²) in [5.74, 6) is 0. The minimum absolute atomic E-state index is 0.166. The van der Waals surface area contributed by atoms with Gasteiger partial charge in [-0.15, -0.1) is 6.58 Å². The van der Waals surface area contributed by atoms with Crippen LogP contribution in [0.15, 0.2) is 43.0 Å². The van der Waals surface area contributed by atoms with Crippen LogP contribution < -0.4 is 0 Å². The molecule has 1 aromatic carbocycles. The fourth-order valence-electron chi connectivity index (χ4n) is 2.79. The molecule has 0 N–H and O–H groups in total. The van der Waals surface area contributed by atoms with E-state index in [-0.39, 0.29) is 24.8 Å². The lowest BCUT2D eigenvalue weighted by Gasteiger charge is -2.40. The quantitative estimate of drug-likeness (QED) is 0.766. The molecule has 1 fully saturated rings. The first-order chi connectivity index (χ1) is 12.3. The van der Waals surface area contributed by atoms with Crippen molar-refractivity contribution in [2.45, 2.75) is 45.4 Å². The number of hydrogen-bond donors (Lipinski definition) is 0. The van der Waals surface area contributed by atoms with Crippen molar-refractivity contribution in [1.29, 1.82) is 0 Å². The van der Waals surface area contributed by atoms with Gasteiger partial charge in [0.15, 0.2) is 0 Å². The molecule has 1 aliphatic heterocycles. The number of hydrogen-bond acceptors (Lipinski definition) is 4. The molecule has 0 saturated carbocycles. The highest BCUT2D eigenvalue weighted by molar-refractivity contribution is 5.71. The Kier molecular flexibility index (Phi) is 6.66. The van der Waals surface area contributed by atoms with Gasteiger partial charge in [-0.25, -0.2) is 9.59 Å². The molecule has 142 valence electrons. The van der Waals surface area contributed by atoms with Crippen molar-refractivity contribution >= 4 is 12.2 Å². The van der Waals surface area contributed by atoms with Gasteiger partial charge in [-0.1, -0.05) is 36.4 Å². The smallest absolute Gasteiger partial charge is 0.410 e. The molecule has 26 heavy (non-hydrogen) atoms. The van der Waals surface area contributed by atoms with Crippen LogP contribution in [0, 0.1) is 0 Å². The molecule has 0 spiro atoms. The molecule has 0 aromatic heterocycles. The number of rotatable bonds is 4. The molecule has 0 radical (unpaired) electrons. The molecular weight excluding hydrogens is 332 g/mol. The summed E-state index contributed by atoms with van der Waals surface area (Å²) in [6.45, 7) is 10.7. The van der Waals surface area contributed by atoms with Crippen LogP contribution in [0.3, 0.4) is 0 Å². The minimum Gasteiger partial charge on any atom is -0.445 e. The Morgan fingerprint density at radius 1 is 1.19 bits per heavy atom. The molecule has 1 aromatic rings. The Labute approximate surface area is 155 Å². The van der Waals surface area contributed by atoms with Gasteiger partial charge < -0.3 is 19.3 Å². The van der Waals surface area contributed by atoms with Gasteiger partial charge in [-0.2, -0.15) is 0 Å². The summed E-state index contributed by atoms with van der Waals surface area (Å²) in [5.41, 5.74) is 0.387. The fourth-order valence-corrected chi connectivity index (χ4v) is 2.79. The van der Waals surface area contributed by atoms with Gasteiger partial charge in [0, 0.05) is 19.6 Å². The highest BCUT2D eigenvalue weighted by atomic mass is 16.6. The monoisotopic (exact) mass is 360 g/mol. The average molecular weight is 360 g/mol. The summed E-state index contributed by atoms with van der Waals surface area (Å²) in [7, 11) is 0. The van der Waals surface area contributed by atoms with Crippen LogP contribution in [0.1, 0.15) is 32.8 Å². The predicted molar refractivity (Wildman–Crippen MR) is 99.7 cm³/mol. The van der Waals surface area contributed by atoms with E-state index < -0.39 is 5.60 Å². The second-order valence-corrected chi connectivity index (χ2v) is 7.34. The zero-order valence-electron chi connectivity index (χ0n) is 15.8. The van der Waals surface area contributed by atoms with Crippen molar-refractivity contribution < 1.29 is 19.1 Å². The summed E-state index contributed by atoms with van der Waals surface area (Å²) in [5, 5.41) is 0. The second-order valence-electron chi connectivity index (χ2n) is 7.34. The Bertz CT molecular complexity index is 624. The molecule has 2 amide bonds. The first-order valence-corrected chi connectivity index (χ1v) is 8.86. The highest BCUT2D eigenvalue weighted by Gasteiger charge is 2.34. The predicted octanol–water partition coefficient (Wildman–Crippen LogP) is 3.82. The Morgan fingerprint density at radius 3 is 2.50 bits per heavy atom. The van der Waals surface area contributed by atoms with Gasteiger partial charge >= 0.3 is 12.2 Å². The summed E-state index contributed by atoms with van der Waals surface area (Å²) >= 11 is 0. The van der Waals surface area contributed by atoms with E-state index in [2.05, 4.69) is 6.58 Å². The lowest BCUT2D eigenvalue weighted by atomic mass is 10.1. The van der Waals surface area contributed by atoms with E-state index in [1.165, 1.54) is 0 Å². The molecule has 1 atom stereocenters. The molecule has 6 nitrogen and oxygen atoms in total. The fraction of sp³-hybridized carbons (Fsp3) is 0.500. The lowest BCUT2D eigenvalue weighted by molar-refractivity contribution is -0.00265. The largest absolute Gasteiger partial charge is 0.445 e. The Morgan fingerprint density at radius 2 is 1.88 bits per heavy atom. The third-order valence-electron chi connectivity index (χ3n) is 4.01. The van der Waals surface area contributed by atoms with Gasteiger partial charge in [0.1, 0.15) is 12.2 Å². The van der Waals surface area contributed by atoms with E-state index in [4.69, 9.17) is 9.47 Å². The number of benzene rings is 1. The maximum absolute atomic E-state index is 12.4. The zero-order chi connectivity index (χ0) is 19.2. The van der Waals surface area contributed by atoms with Gasteiger partial charge in [-0.3, -0.25) is 0 Å². The normalized spacial score (nSPS) is 17.6. The second kappa shape index (κ2) is 8.74. The average Bonchev–Trinajstić information content (AvgIpc) is 2.59. The molecule has 0 aliphatic carbocycles. The molecule has 1 unspecified atom stereocenters. The maximum Gasteiger partial charge on any atom is 0.410 e. The molecular formula is C20H28N2O4. The van der Waals surface area contributed by atoms with Gasteiger partial charge in [0.25, 0.3) is 0 Å². The van der Waals surface area contributed by atoms with Crippen molar-refractivity contribution in [3.05, 3.63) is 48.6 Å². The van der Waals surface area contributed by atoms with Gasteiger partial charge in [0.05, 0.1) is 6.04 Å². The lowest BCUT2D eigenvalue weighted by Crippen LogP contribution is -2.57. The molecule has 1 heterocycles. The molecule has 1 saturated heterocycles. The maximum atomic E-state index is 12.4. The Hall–Kier alpha value is -2.50. The van der Waals surface area contributed by atoms with Crippen LogP contribution in [0.5, 0.6) is 0 Å². The zero-order valence-corrected chi connectivity index (χ0v) is 15.8. The summed E-state index contributed by atoms with van der Waals surface area (Å²) in [4.78, 5) is 28.1. The van der Waals surface area contributed by atoms with E-state index in [0.717, 1.165) is 5.56 Å². The topological polar surface area (TPSA) is 59.1 Å². The van der Waals surface area contributed by atoms with E-state index in [9.17, 15) is 9.59 Å². The van der Waals surface area contributed by atoms with Crippen LogP contribution in [0.2, 0.25) is 0 Å². The summed E-state index contributed by atoms with van der Waals surface area (Å²) in [6, 6.07) is 9.38. The highest BCUT2D eigenvalue weighted by Crippen LogP contribution is 2.19. The van der Waals surface area contributed by atoms with E-state index in [0.29, 0.717) is 26.1 Å². The summed E-state index contributed by atoms with van der Waals surface area (Å²) in [6.07, 6.45) is 1.61. The van der Waals surface area contributed by atoms with Gasteiger partial charge in [-0.05, 0) is 32.8 Å². The van der Waals surface area contributed by atoms with E-state index in [1.807, 2.05) is 51.1 Å². The van der Waals surface area contributed by atoms with Gasteiger partial charge in [0.2, 0.25) is 0 Å². The first kappa shape index (κ1) is 19.8. The van der Waals surface area contributed by atoms with Crippen molar-refractivity contribution in [2.24, 2.45) is 0 Å². The molecule has 6 heteroatoms. The van der Waals surface area contributed by atoms with Crippen LogP contribution in [-0.2, 0) is 16.1 Å². The number of piperazine rings is 1. The van der Waals surface area contributed by atoms with Crippen LogP contribution in [0.4, 0.5) is 9.59 Å².